The molecule has 0 unspecified atom stereocenters. The van der Waals surface area contributed by atoms with Gasteiger partial charge in [0.1, 0.15) is 0 Å². The molecule has 1 heteroatoms. The van der Waals surface area contributed by atoms with Gasteiger partial charge < -0.3 is 5.32 Å². The van der Waals surface area contributed by atoms with Crippen LogP contribution in [0.1, 0.15) is 60.3 Å². The van der Waals surface area contributed by atoms with Crippen molar-refractivity contribution in [3.05, 3.63) is 0 Å². The van der Waals surface area contributed by atoms with E-state index in [1.54, 1.807) is 0 Å². The minimum atomic E-state index is 0.517. The lowest BCUT2D eigenvalue weighted by atomic mass is 9.71. The van der Waals surface area contributed by atoms with E-state index in [2.05, 4.69) is 39.9 Å². The zero-order chi connectivity index (χ0) is 11.5. The van der Waals surface area contributed by atoms with Crippen molar-refractivity contribution in [1.29, 1.82) is 0 Å². The first-order chi connectivity index (χ1) is 6.89. The van der Waals surface area contributed by atoms with Crippen LogP contribution in [0.15, 0.2) is 0 Å². The molecule has 1 N–H and O–H groups in total. The summed E-state index contributed by atoms with van der Waals surface area (Å²) < 4.78 is 0. The Labute approximate surface area is 96.0 Å². The van der Waals surface area contributed by atoms with E-state index in [1.165, 1.54) is 32.2 Å². The standard InChI is InChI=1S/C14H29N/c1-11(2)10-15-13-8-6-12(7-9-13)14(3,4)5/h11-13,15H,6-10H2,1-5H3/t12-,13-. The van der Waals surface area contributed by atoms with Crippen molar-refractivity contribution in [2.45, 2.75) is 66.3 Å². The molecular formula is C14H29N. The monoisotopic (exact) mass is 211 g/mol. The van der Waals surface area contributed by atoms with Crippen molar-refractivity contribution in [3.8, 4) is 0 Å². The van der Waals surface area contributed by atoms with Gasteiger partial charge in [0.15, 0.2) is 0 Å². The van der Waals surface area contributed by atoms with Crippen molar-refractivity contribution in [3.63, 3.8) is 0 Å². The lowest BCUT2D eigenvalue weighted by Crippen LogP contribution is -2.37. The Kier molecular flexibility index (Phi) is 4.64. The second kappa shape index (κ2) is 5.34. The van der Waals surface area contributed by atoms with Crippen LogP contribution in [0.25, 0.3) is 0 Å². The van der Waals surface area contributed by atoms with Crippen LogP contribution in [0.4, 0.5) is 0 Å². The highest BCUT2D eigenvalue weighted by molar-refractivity contribution is 4.83. The topological polar surface area (TPSA) is 12.0 Å². The highest BCUT2D eigenvalue weighted by Gasteiger charge is 2.29. The van der Waals surface area contributed by atoms with Crippen LogP contribution in [-0.4, -0.2) is 12.6 Å². The third kappa shape index (κ3) is 4.55. The van der Waals surface area contributed by atoms with E-state index < -0.39 is 0 Å². The SMILES string of the molecule is CC(C)CN[C@H]1CC[C@H](C(C)(C)C)CC1. The average molecular weight is 211 g/mol. The van der Waals surface area contributed by atoms with Gasteiger partial charge in [0.25, 0.3) is 0 Å². The van der Waals surface area contributed by atoms with Gasteiger partial charge in [-0.15, -0.1) is 0 Å². The molecule has 0 spiro atoms. The first-order valence-corrected chi connectivity index (χ1v) is 6.63. The molecule has 90 valence electrons. The predicted octanol–water partition coefficient (Wildman–Crippen LogP) is 3.84. The van der Waals surface area contributed by atoms with Gasteiger partial charge >= 0.3 is 0 Å². The normalized spacial score (nSPS) is 28.4. The fraction of sp³-hybridized carbons (Fsp3) is 1.00. The van der Waals surface area contributed by atoms with Gasteiger partial charge in [-0.3, -0.25) is 0 Å². The molecule has 0 bridgehead atoms. The van der Waals surface area contributed by atoms with E-state index in [4.69, 9.17) is 0 Å². The molecule has 0 radical (unpaired) electrons. The zero-order valence-corrected chi connectivity index (χ0v) is 11.3. The maximum absolute atomic E-state index is 3.69. The lowest BCUT2D eigenvalue weighted by molar-refractivity contribution is 0.159. The highest BCUT2D eigenvalue weighted by atomic mass is 14.9. The first kappa shape index (κ1) is 13.0. The molecule has 1 aliphatic rings. The Bertz CT molecular complexity index is 170. The molecule has 0 heterocycles. The number of hydrogen-bond donors (Lipinski definition) is 1. The largest absolute Gasteiger partial charge is 0.314 e. The first-order valence-electron chi connectivity index (χ1n) is 6.63. The zero-order valence-electron chi connectivity index (χ0n) is 11.3. The fourth-order valence-corrected chi connectivity index (χ4v) is 2.57. The molecule has 0 aromatic heterocycles. The van der Waals surface area contributed by atoms with Crippen molar-refractivity contribution in [1.82, 2.24) is 5.32 Å². The summed E-state index contributed by atoms with van der Waals surface area (Å²) in [6.07, 6.45) is 5.60. The van der Waals surface area contributed by atoms with Crippen LogP contribution >= 0.6 is 0 Å². The predicted molar refractivity (Wildman–Crippen MR) is 68.0 cm³/mol. The van der Waals surface area contributed by atoms with E-state index in [-0.39, 0.29) is 0 Å². The van der Waals surface area contributed by atoms with Crippen molar-refractivity contribution in [2.24, 2.45) is 17.3 Å². The van der Waals surface area contributed by atoms with Crippen molar-refractivity contribution >= 4 is 0 Å². The van der Waals surface area contributed by atoms with Gasteiger partial charge in [-0.05, 0) is 49.5 Å². The maximum atomic E-state index is 3.69. The van der Waals surface area contributed by atoms with Gasteiger partial charge in [-0.25, -0.2) is 0 Å². The second-order valence-electron chi connectivity index (χ2n) is 6.72. The van der Waals surface area contributed by atoms with E-state index in [0.717, 1.165) is 17.9 Å². The third-order valence-corrected chi connectivity index (χ3v) is 3.77. The summed E-state index contributed by atoms with van der Waals surface area (Å²) in [5, 5.41) is 3.69. The van der Waals surface area contributed by atoms with Gasteiger partial charge in [-0.1, -0.05) is 34.6 Å². The van der Waals surface area contributed by atoms with E-state index in [1.807, 2.05) is 0 Å². The second-order valence-corrected chi connectivity index (χ2v) is 6.72. The van der Waals surface area contributed by atoms with Crippen molar-refractivity contribution < 1.29 is 0 Å². The van der Waals surface area contributed by atoms with Gasteiger partial charge in [-0.2, -0.15) is 0 Å². The minimum absolute atomic E-state index is 0.517. The van der Waals surface area contributed by atoms with Crippen LogP contribution in [0.3, 0.4) is 0 Å². The fourth-order valence-electron chi connectivity index (χ4n) is 2.57. The number of hydrogen-bond acceptors (Lipinski definition) is 1. The summed E-state index contributed by atoms with van der Waals surface area (Å²) in [4.78, 5) is 0. The number of rotatable bonds is 3. The maximum Gasteiger partial charge on any atom is 0.00673 e. The van der Waals surface area contributed by atoms with Crippen molar-refractivity contribution in [2.75, 3.05) is 6.54 Å². The molecule has 0 aromatic rings. The Hall–Kier alpha value is -0.0400. The lowest BCUT2D eigenvalue weighted by Gasteiger charge is -2.37. The molecule has 1 saturated carbocycles. The van der Waals surface area contributed by atoms with Crippen LogP contribution in [0.2, 0.25) is 0 Å². The highest BCUT2D eigenvalue weighted by Crippen LogP contribution is 2.37. The van der Waals surface area contributed by atoms with Crippen LogP contribution in [0, 0.1) is 17.3 Å². The summed E-state index contributed by atoms with van der Waals surface area (Å²) in [5.74, 6) is 1.72. The average Bonchev–Trinajstić information content (AvgIpc) is 2.14. The minimum Gasteiger partial charge on any atom is -0.314 e. The summed E-state index contributed by atoms with van der Waals surface area (Å²) >= 11 is 0. The molecule has 1 aliphatic carbocycles. The Morgan fingerprint density at radius 2 is 1.60 bits per heavy atom. The molecule has 0 aromatic carbocycles. The van der Waals surface area contributed by atoms with Crippen LogP contribution in [-0.2, 0) is 0 Å². The van der Waals surface area contributed by atoms with Gasteiger partial charge in [0.05, 0.1) is 0 Å². The molecular weight excluding hydrogens is 182 g/mol. The molecule has 0 aliphatic heterocycles. The third-order valence-electron chi connectivity index (χ3n) is 3.77. The smallest absolute Gasteiger partial charge is 0.00673 e. The molecule has 0 amide bonds. The summed E-state index contributed by atoms with van der Waals surface area (Å²) in [6, 6.07) is 0.797. The molecule has 1 fully saturated rings. The quantitative estimate of drug-likeness (QED) is 0.748. The number of nitrogens with one attached hydrogen (secondary N) is 1. The van der Waals surface area contributed by atoms with Crippen LogP contribution < -0.4 is 5.32 Å². The van der Waals surface area contributed by atoms with E-state index >= 15 is 0 Å². The summed E-state index contributed by atoms with van der Waals surface area (Å²) in [5.41, 5.74) is 0.517. The molecule has 15 heavy (non-hydrogen) atoms. The van der Waals surface area contributed by atoms with Gasteiger partial charge in [0.2, 0.25) is 0 Å². The molecule has 1 rings (SSSR count). The summed E-state index contributed by atoms with van der Waals surface area (Å²) in [6.45, 7) is 12.9. The Morgan fingerprint density at radius 3 is 2.00 bits per heavy atom. The Morgan fingerprint density at radius 1 is 1.07 bits per heavy atom. The van der Waals surface area contributed by atoms with E-state index in [9.17, 15) is 0 Å². The van der Waals surface area contributed by atoms with Gasteiger partial charge in [0, 0.05) is 6.04 Å². The molecule has 1 nitrogen and oxygen atoms in total. The molecule has 0 saturated heterocycles. The Balaban J connectivity index is 2.24. The van der Waals surface area contributed by atoms with Crippen LogP contribution in [0.5, 0.6) is 0 Å². The molecule has 0 atom stereocenters. The summed E-state index contributed by atoms with van der Waals surface area (Å²) in [7, 11) is 0. The van der Waals surface area contributed by atoms with E-state index in [0.29, 0.717) is 5.41 Å².